The van der Waals surface area contributed by atoms with Crippen LogP contribution in [-0.4, -0.2) is 29.6 Å². The molecule has 1 aliphatic heterocycles. The Hall–Kier alpha value is -0.670. The summed E-state index contributed by atoms with van der Waals surface area (Å²) in [6.45, 7) is 2.11. The average molecular weight is 269 g/mol. The summed E-state index contributed by atoms with van der Waals surface area (Å²) < 4.78 is 0. The third-order valence-corrected chi connectivity index (χ3v) is 4.20. The van der Waals surface area contributed by atoms with Crippen molar-refractivity contribution in [2.45, 2.75) is 24.2 Å². The Balaban J connectivity index is 1.81. The van der Waals surface area contributed by atoms with Crippen molar-refractivity contribution in [1.29, 1.82) is 5.41 Å². The SMILES string of the molecule is N=C(CSc1ccc(Cl)cc1)N1CCCCC1. The van der Waals surface area contributed by atoms with E-state index in [4.69, 9.17) is 17.0 Å². The molecule has 0 unspecified atom stereocenters. The Morgan fingerprint density at radius 1 is 1.18 bits per heavy atom. The fourth-order valence-electron chi connectivity index (χ4n) is 1.94. The van der Waals surface area contributed by atoms with Crippen LogP contribution in [0.4, 0.5) is 0 Å². The Morgan fingerprint density at radius 2 is 1.82 bits per heavy atom. The molecule has 1 aromatic carbocycles. The molecule has 0 amide bonds. The van der Waals surface area contributed by atoms with Gasteiger partial charge in [-0.1, -0.05) is 11.6 Å². The molecule has 0 aromatic heterocycles. The van der Waals surface area contributed by atoms with E-state index >= 15 is 0 Å². The zero-order valence-corrected chi connectivity index (χ0v) is 11.4. The van der Waals surface area contributed by atoms with E-state index < -0.39 is 0 Å². The topological polar surface area (TPSA) is 27.1 Å². The number of rotatable bonds is 3. The minimum Gasteiger partial charge on any atom is -0.360 e. The normalized spacial score (nSPS) is 15.9. The standard InChI is InChI=1S/C13H17ClN2S/c14-11-4-6-12(7-5-11)17-10-13(15)16-8-2-1-3-9-16/h4-7,15H,1-3,8-10H2. The molecule has 1 aliphatic rings. The molecule has 0 spiro atoms. The van der Waals surface area contributed by atoms with Crippen molar-refractivity contribution in [3.63, 3.8) is 0 Å². The van der Waals surface area contributed by atoms with Gasteiger partial charge in [0.2, 0.25) is 0 Å². The molecule has 0 saturated carbocycles. The van der Waals surface area contributed by atoms with Gasteiger partial charge in [0.1, 0.15) is 5.84 Å². The van der Waals surface area contributed by atoms with Crippen molar-refractivity contribution >= 4 is 29.2 Å². The molecule has 0 bridgehead atoms. The Bertz CT molecular complexity index is 372. The lowest BCUT2D eigenvalue weighted by molar-refractivity contribution is 0.339. The first-order valence-corrected chi connectivity index (χ1v) is 7.33. The van der Waals surface area contributed by atoms with Crippen LogP contribution in [0.5, 0.6) is 0 Å². The zero-order chi connectivity index (χ0) is 12.1. The van der Waals surface area contributed by atoms with Gasteiger partial charge in [-0.3, -0.25) is 5.41 Å². The number of likely N-dealkylation sites (tertiary alicyclic amines) is 1. The maximum atomic E-state index is 8.05. The first-order valence-electron chi connectivity index (χ1n) is 5.96. The van der Waals surface area contributed by atoms with Crippen LogP contribution in [0.2, 0.25) is 5.02 Å². The molecule has 0 aliphatic carbocycles. The third-order valence-electron chi connectivity index (χ3n) is 2.93. The highest BCUT2D eigenvalue weighted by Crippen LogP contribution is 2.21. The summed E-state index contributed by atoms with van der Waals surface area (Å²) in [4.78, 5) is 3.38. The van der Waals surface area contributed by atoms with E-state index in [9.17, 15) is 0 Å². The van der Waals surface area contributed by atoms with Crippen molar-refractivity contribution in [1.82, 2.24) is 4.90 Å². The van der Waals surface area contributed by atoms with E-state index in [-0.39, 0.29) is 0 Å². The van der Waals surface area contributed by atoms with Gasteiger partial charge in [0.15, 0.2) is 0 Å². The van der Waals surface area contributed by atoms with Crippen LogP contribution in [0.3, 0.4) is 0 Å². The highest BCUT2D eigenvalue weighted by Gasteiger charge is 2.13. The lowest BCUT2D eigenvalue weighted by Gasteiger charge is -2.28. The smallest absolute Gasteiger partial charge is 0.106 e. The van der Waals surface area contributed by atoms with E-state index in [2.05, 4.69) is 4.90 Å². The number of halogens is 1. The number of nitrogens with zero attached hydrogens (tertiary/aromatic N) is 1. The molecule has 4 heteroatoms. The number of hydrogen-bond donors (Lipinski definition) is 1. The minimum absolute atomic E-state index is 0.752. The van der Waals surface area contributed by atoms with Crippen molar-refractivity contribution < 1.29 is 0 Å². The summed E-state index contributed by atoms with van der Waals surface area (Å²) in [6.07, 6.45) is 3.77. The summed E-state index contributed by atoms with van der Waals surface area (Å²) in [6, 6.07) is 7.82. The van der Waals surface area contributed by atoms with Gasteiger partial charge in [0.25, 0.3) is 0 Å². The number of benzene rings is 1. The number of hydrogen-bond acceptors (Lipinski definition) is 2. The maximum absolute atomic E-state index is 8.05. The second-order valence-corrected chi connectivity index (χ2v) is 5.72. The Kier molecular flexibility index (Phi) is 4.75. The summed E-state index contributed by atoms with van der Waals surface area (Å²) >= 11 is 7.54. The molecule has 0 atom stereocenters. The largest absolute Gasteiger partial charge is 0.360 e. The molecule has 1 fully saturated rings. The average Bonchev–Trinajstić information content (AvgIpc) is 2.39. The number of nitrogens with one attached hydrogen (secondary N) is 1. The molecule has 92 valence electrons. The second kappa shape index (κ2) is 6.31. The van der Waals surface area contributed by atoms with Crippen LogP contribution >= 0.6 is 23.4 Å². The van der Waals surface area contributed by atoms with Gasteiger partial charge in [-0.05, 0) is 43.5 Å². The van der Waals surface area contributed by atoms with Crippen LogP contribution < -0.4 is 0 Å². The predicted octanol–water partition coefficient (Wildman–Crippen LogP) is 3.90. The van der Waals surface area contributed by atoms with E-state index in [1.807, 2.05) is 24.3 Å². The molecule has 1 heterocycles. The molecule has 2 nitrogen and oxygen atoms in total. The second-order valence-electron chi connectivity index (χ2n) is 4.24. The molecule has 0 radical (unpaired) electrons. The zero-order valence-electron chi connectivity index (χ0n) is 9.79. The monoisotopic (exact) mass is 268 g/mol. The summed E-state index contributed by atoms with van der Waals surface area (Å²) in [5, 5.41) is 8.82. The quantitative estimate of drug-likeness (QED) is 0.511. The summed E-state index contributed by atoms with van der Waals surface area (Å²) in [5.41, 5.74) is 0. The fourth-order valence-corrected chi connectivity index (χ4v) is 2.88. The lowest BCUT2D eigenvalue weighted by atomic mass is 10.1. The molecule has 1 saturated heterocycles. The fraction of sp³-hybridized carbons (Fsp3) is 0.462. The Morgan fingerprint density at radius 3 is 2.47 bits per heavy atom. The van der Waals surface area contributed by atoms with Crippen molar-refractivity contribution in [2.24, 2.45) is 0 Å². The van der Waals surface area contributed by atoms with E-state index in [0.717, 1.165) is 29.7 Å². The van der Waals surface area contributed by atoms with Crippen molar-refractivity contribution in [2.75, 3.05) is 18.8 Å². The maximum Gasteiger partial charge on any atom is 0.106 e. The first kappa shape index (κ1) is 12.8. The van der Waals surface area contributed by atoms with Gasteiger partial charge in [0.05, 0.1) is 5.75 Å². The van der Waals surface area contributed by atoms with Gasteiger partial charge in [0, 0.05) is 23.0 Å². The van der Waals surface area contributed by atoms with E-state index in [0.29, 0.717) is 0 Å². The van der Waals surface area contributed by atoms with Gasteiger partial charge in [-0.2, -0.15) is 0 Å². The van der Waals surface area contributed by atoms with Crippen LogP contribution in [0.15, 0.2) is 29.2 Å². The third kappa shape index (κ3) is 3.93. The molecule has 2 rings (SSSR count). The van der Waals surface area contributed by atoms with Gasteiger partial charge < -0.3 is 4.90 Å². The van der Waals surface area contributed by atoms with Crippen LogP contribution in [0.1, 0.15) is 19.3 Å². The number of thioether (sulfide) groups is 1. The van der Waals surface area contributed by atoms with Gasteiger partial charge >= 0.3 is 0 Å². The highest BCUT2D eigenvalue weighted by atomic mass is 35.5. The highest BCUT2D eigenvalue weighted by molar-refractivity contribution is 8.00. The first-order chi connectivity index (χ1) is 8.25. The molecular weight excluding hydrogens is 252 g/mol. The van der Waals surface area contributed by atoms with Gasteiger partial charge in [-0.25, -0.2) is 0 Å². The predicted molar refractivity (Wildman–Crippen MR) is 75.3 cm³/mol. The van der Waals surface area contributed by atoms with E-state index in [1.54, 1.807) is 11.8 Å². The summed E-state index contributed by atoms with van der Waals surface area (Å²) in [7, 11) is 0. The van der Waals surface area contributed by atoms with Crippen molar-refractivity contribution in [3.8, 4) is 0 Å². The lowest BCUT2D eigenvalue weighted by Crippen LogP contribution is -2.36. The molecular formula is C13H17ClN2S. The van der Waals surface area contributed by atoms with Crippen LogP contribution in [-0.2, 0) is 0 Å². The Labute approximate surface area is 112 Å². The minimum atomic E-state index is 0.752. The molecule has 1 N–H and O–H groups in total. The van der Waals surface area contributed by atoms with Crippen molar-refractivity contribution in [3.05, 3.63) is 29.3 Å². The van der Waals surface area contributed by atoms with Crippen LogP contribution in [0, 0.1) is 5.41 Å². The van der Waals surface area contributed by atoms with E-state index in [1.165, 1.54) is 24.2 Å². The number of piperidine rings is 1. The molecule has 1 aromatic rings. The summed E-state index contributed by atoms with van der Waals surface area (Å²) in [5.74, 6) is 1.51. The van der Waals surface area contributed by atoms with Crippen LogP contribution in [0.25, 0.3) is 0 Å². The number of amidine groups is 1. The molecule has 17 heavy (non-hydrogen) atoms. The van der Waals surface area contributed by atoms with Gasteiger partial charge in [-0.15, -0.1) is 11.8 Å².